The number of nitrogens with one attached hydrogen (secondary N) is 1. The first kappa shape index (κ1) is 17.3. The molecule has 0 bridgehead atoms. The number of thiol groups is 1. The summed E-state index contributed by atoms with van der Waals surface area (Å²) in [6.45, 7) is 0. The van der Waals surface area contributed by atoms with Crippen LogP contribution in [0.25, 0.3) is 0 Å². The predicted octanol–water partition coefficient (Wildman–Crippen LogP) is 0.971. The van der Waals surface area contributed by atoms with Gasteiger partial charge in [-0.05, 0) is 12.1 Å². The summed E-state index contributed by atoms with van der Waals surface area (Å²) >= 11 is 7.33. The molecule has 10 heteroatoms. The van der Waals surface area contributed by atoms with Crippen molar-refractivity contribution in [3.8, 4) is 0 Å². The highest BCUT2D eigenvalue weighted by atomic mass is 79.9. The summed E-state index contributed by atoms with van der Waals surface area (Å²) in [5.74, 6) is -2.19. The SMILES string of the molecule is CO/N=C(/C(=O)O)C(=O)C(Br)C1(S)NN=C(c2ccccc2)O1. The Balaban J connectivity index is 2.17. The number of ketones is 1. The molecule has 1 aromatic rings. The molecule has 0 saturated heterocycles. The van der Waals surface area contributed by atoms with E-state index in [4.69, 9.17) is 9.84 Å². The van der Waals surface area contributed by atoms with Gasteiger partial charge >= 0.3 is 5.97 Å². The number of carboxylic acids is 1. The molecule has 0 saturated carbocycles. The van der Waals surface area contributed by atoms with Crippen LogP contribution in [-0.2, 0) is 19.2 Å². The van der Waals surface area contributed by atoms with Gasteiger partial charge in [-0.1, -0.05) is 39.3 Å². The van der Waals surface area contributed by atoms with Crippen molar-refractivity contribution in [2.75, 3.05) is 7.11 Å². The van der Waals surface area contributed by atoms with Gasteiger partial charge in [0.25, 0.3) is 5.06 Å². The number of carboxylic acid groups (broad SMARTS) is 1. The number of hydrogen-bond acceptors (Lipinski definition) is 8. The van der Waals surface area contributed by atoms with Crippen LogP contribution in [-0.4, -0.2) is 45.5 Å². The minimum absolute atomic E-state index is 0.221. The molecule has 1 heterocycles. The average Bonchev–Trinajstić information content (AvgIpc) is 2.95. The van der Waals surface area contributed by atoms with Gasteiger partial charge in [-0.2, -0.15) is 0 Å². The molecule has 0 aromatic heterocycles. The van der Waals surface area contributed by atoms with Crippen LogP contribution in [0, 0.1) is 0 Å². The molecule has 0 radical (unpaired) electrons. The van der Waals surface area contributed by atoms with Crippen molar-refractivity contribution in [2.24, 2.45) is 10.3 Å². The summed E-state index contributed by atoms with van der Waals surface area (Å²) in [6, 6.07) is 8.95. The highest BCUT2D eigenvalue weighted by Gasteiger charge is 2.48. The molecule has 2 atom stereocenters. The molecular weight excluding hydrogens is 390 g/mol. The van der Waals surface area contributed by atoms with E-state index in [1.165, 1.54) is 0 Å². The maximum atomic E-state index is 12.3. The number of carbonyl (C=O) groups excluding carboxylic acids is 1. The van der Waals surface area contributed by atoms with E-state index < -0.39 is 27.3 Å². The van der Waals surface area contributed by atoms with Crippen LogP contribution >= 0.6 is 28.6 Å². The molecular formula is C13H12BrN3O5S. The second-order valence-corrected chi connectivity index (χ2v) is 5.93. The van der Waals surface area contributed by atoms with E-state index in [0.717, 1.165) is 7.11 Å². The summed E-state index contributed by atoms with van der Waals surface area (Å²) in [5, 5.41) is 14.6. The van der Waals surface area contributed by atoms with Crippen molar-refractivity contribution in [3.63, 3.8) is 0 Å². The first-order valence-corrected chi connectivity index (χ1v) is 7.59. The smallest absolute Gasteiger partial charge is 0.361 e. The summed E-state index contributed by atoms with van der Waals surface area (Å²) in [5.41, 5.74) is 2.45. The van der Waals surface area contributed by atoms with Crippen LogP contribution in [0.2, 0.25) is 0 Å². The molecule has 0 aliphatic carbocycles. The average molecular weight is 402 g/mol. The van der Waals surface area contributed by atoms with E-state index in [0.29, 0.717) is 5.56 Å². The lowest BCUT2D eigenvalue weighted by molar-refractivity contribution is -0.130. The molecule has 1 aliphatic heterocycles. The maximum absolute atomic E-state index is 12.3. The lowest BCUT2D eigenvalue weighted by atomic mass is 10.1. The number of hydrogen-bond donors (Lipinski definition) is 3. The lowest BCUT2D eigenvalue weighted by Crippen LogP contribution is -2.50. The Labute approximate surface area is 145 Å². The summed E-state index contributed by atoms with van der Waals surface area (Å²) in [6.07, 6.45) is 0. The summed E-state index contributed by atoms with van der Waals surface area (Å²) < 4.78 is 5.57. The Hall–Kier alpha value is -2.07. The largest absolute Gasteiger partial charge is 0.476 e. The maximum Gasteiger partial charge on any atom is 0.361 e. The molecule has 0 spiro atoms. The normalized spacial score (nSPS) is 21.7. The van der Waals surface area contributed by atoms with Gasteiger partial charge in [-0.15, -0.1) is 17.7 Å². The standard InChI is InChI=1S/C13H12BrN3O5S/c1-21-16-8(12(19)20)9(18)10(14)13(23)17-15-11(22-13)7-5-3-2-4-6-7/h2-6,10,17,23H,1H3,(H,19,20)/b16-8+. The van der Waals surface area contributed by atoms with E-state index in [1.54, 1.807) is 24.3 Å². The van der Waals surface area contributed by atoms with E-state index in [1.807, 2.05) is 6.07 Å². The number of halogens is 1. The number of benzene rings is 1. The van der Waals surface area contributed by atoms with Gasteiger partial charge in [-0.25, -0.2) is 4.79 Å². The highest BCUT2D eigenvalue weighted by Crippen LogP contribution is 2.30. The zero-order valence-corrected chi connectivity index (χ0v) is 14.2. The van der Waals surface area contributed by atoms with Gasteiger partial charge in [0.05, 0.1) is 0 Å². The van der Waals surface area contributed by atoms with Crippen LogP contribution in [0.3, 0.4) is 0 Å². The first-order valence-electron chi connectivity index (χ1n) is 6.23. The van der Waals surface area contributed by atoms with Crippen molar-refractivity contribution in [1.29, 1.82) is 0 Å². The van der Waals surface area contributed by atoms with Crippen molar-refractivity contribution < 1.29 is 24.3 Å². The van der Waals surface area contributed by atoms with Gasteiger partial charge in [-0.3, -0.25) is 10.2 Å². The number of aliphatic carboxylic acids is 1. The van der Waals surface area contributed by atoms with Crippen LogP contribution in [0.1, 0.15) is 5.56 Å². The number of oxime groups is 1. The van der Waals surface area contributed by atoms with Crippen LogP contribution in [0.4, 0.5) is 0 Å². The summed E-state index contributed by atoms with van der Waals surface area (Å²) in [4.78, 5) is 26.5. The number of carbonyl (C=O) groups is 2. The third-order valence-electron chi connectivity index (χ3n) is 2.78. The van der Waals surface area contributed by atoms with Gasteiger partial charge in [0.2, 0.25) is 17.4 Å². The molecule has 2 unspecified atom stereocenters. The predicted molar refractivity (Wildman–Crippen MR) is 88.7 cm³/mol. The number of Topliss-reactive ketones (excluding diaryl/α,β-unsaturated/α-hetero) is 1. The van der Waals surface area contributed by atoms with Crippen LogP contribution in [0.15, 0.2) is 40.6 Å². The molecule has 1 aromatic carbocycles. The monoisotopic (exact) mass is 401 g/mol. The minimum Gasteiger partial charge on any atom is -0.476 e. The molecule has 2 N–H and O–H groups in total. The van der Waals surface area contributed by atoms with E-state index in [9.17, 15) is 9.59 Å². The number of ether oxygens (including phenoxy) is 1. The quantitative estimate of drug-likeness (QED) is 0.215. The van der Waals surface area contributed by atoms with Gasteiger partial charge in [0.1, 0.15) is 7.11 Å². The van der Waals surface area contributed by atoms with Crippen molar-refractivity contribution >= 4 is 51.9 Å². The Morgan fingerprint density at radius 1 is 1.48 bits per heavy atom. The molecule has 23 heavy (non-hydrogen) atoms. The fourth-order valence-corrected chi connectivity index (χ4v) is 2.38. The fraction of sp³-hybridized carbons (Fsp3) is 0.231. The third-order valence-corrected chi connectivity index (χ3v) is 4.65. The van der Waals surface area contributed by atoms with Crippen molar-refractivity contribution in [1.82, 2.24) is 5.43 Å². The van der Waals surface area contributed by atoms with E-state index in [2.05, 4.69) is 49.1 Å². The first-order chi connectivity index (χ1) is 10.9. The minimum atomic E-state index is -1.58. The highest BCUT2D eigenvalue weighted by molar-refractivity contribution is 9.10. The number of nitrogens with zero attached hydrogens (tertiary/aromatic N) is 2. The Kier molecular flexibility index (Phi) is 5.26. The molecule has 0 amide bonds. The lowest BCUT2D eigenvalue weighted by Gasteiger charge is -2.26. The van der Waals surface area contributed by atoms with Gasteiger partial charge < -0.3 is 14.7 Å². The van der Waals surface area contributed by atoms with E-state index >= 15 is 0 Å². The number of alkyl halides is 1. The molecule has 8 nitrogen and oxygen atoms in total. The van der Waals surface area contributed by atoms with Crippen molar-refractivity contribution in [2.45, 2.75) is 9.88 Å². The number of rotatable bonds is 6. The van der Waals surface area contributed by atoms with Crippen LogP contribution < -0.4 is 5.43 Å². The molecule has 1 aliphatic rings. The zero-order chi connectivity index (χ0) is 17.0. The van der Waals surface area contributed by atoms with Crippen molar-refractivity contribution in [3.05, 3.63) is 35.9 Å². The fourth-order valence-electron chi connectivity index (χ4n) is 1.71. The molecule has 122 valence electrons. The number of hydrazone groups is 1. The second-order valence-electron chi connectivity index (χ2n) is 4.35. The topological polar surface area (TPSA) is 110 Å². The van der Waals surface area contributed by atoms with Crippen LogP contribution in [0.5, 0.6) is 0 Å². The third kappa shape index (κ3) is 3.64. The Morgan fingerprint density at radius 3 is 2.70 bits per heavy atom. The van der Waals surface area contributed by atoms with E-state index in [-0.39, 0.29) is 5.90 Å². The molecule has 0 fully saturated rings. The molecule has 2 rings (SSSR count). The van der Waals surface area contributed by atoms with Gasteiger partial charge in [0.15, 0.2) is 4.83 Å². The zero-order valence-electron chi connectivity index (χ0n) is 11.8. The Morgan fingerprint density at radius 2 is 2.13 bits per heavy atom. The van der Waals surface area contributed by atoms with Gasteiger partial charge in [0, 0.05) is 5.56 Å². The Bertz CT molecular complexity index is 681. The second kappa shape index (κ2) is 7.01. The summed E-state index contributed by atoms with van der Waals surface area (Å²) in [7, 11) is 1.14.